The minimum Gasteiger partial charge on any atom is -0.437 e. The molecule has 78 valence electrons. The molecular weight excluding hydrogens is 256 g/mol. The number of hydrogen-bond acceptors (Lipinski definition) is 3. The predicted molar refractivity (Wildman–Crippen MR) is 60.7 cm³/mol. The highest BCUT2D eigenvalue weighted by molar-refractivity contribution is 9.10. The number of fused-ring (bicyclic) bond motifs is 1. The van der Waals surface area contributed by atoms with Crippen molar-refractivity contribution in [2.75, 3.05) is 0 Å². The van der Waals surface area contributed by atoms with Gasteiger partial charge in [-0.25, -0.2) is 4.98 Å². The van der Waals surface area contributed by atoms with Gasteiger partial charge >= 0.3 is 0 Å². The maximum atomic E-state index is 5.76. The Bertz CT molecular complexity index is 488. The molecule has 0 bridgehead atoms. The van der Waals surface area contributed by atoms with E-state index in [9.17, 15) is 0 Å². The van der Waals surface area contributed by atoms with Crippen LogP contribution in [0.15, 0.2) is 21.2 Å². The molecule has 3 rings (SSSR count). The molecule has 0 amide bonds. The monoisotopic (exact) mass is 266 g/mol. The number of hydrogen-bond donors (Lipinski definition) is 0. The highest BCUT2D eigenvalue weighted by Crippen LogP contribution is 2.35. The van der Waals surface area contributed by atoms with Gasteiger partial charge in [-0.1, -0.05) is 12.8 Å². The maximum absolute atomic E-state index is 5.76. The lowest BCUT2D eigenvalue weighted by Crippen LogP contribution is -1.91. The number of rotatable bonds is 1. The third-order valence-electron chi connectivity index (χ3n) is 2.96. The Morgan fingerprint density at radius 2 is 2.13 bits per heavy atom. The summed E-state index contributed by atoms with van der Waals surface area (Å²) in [5.74, 6) is 1.37. The summed E-state index contributed by atoms with van der Waals surface area (Å²) in [7, 11) is 0. The van der Waals surface area contributed by atoms with E-state index in [0.717, 1.165) is 15.9 Å². The van der Waals surface area contributed by atoms with Gasteiger partial charge in [-0.3, -0.25) is 0 Å². The van der Waals surface area contributed by atoms with Crippen LogP contribution in [0.1, 0.15) is 37.5 Å². The van der Waals surface area contributed by atoms with Gasteiger partial charge in [0.05, 0.1) is 4.47 Å². The van der Waals surface area contributed by atoms with Crippen LogP contribution in [-0.4, -0.2) is 9.97 Å². The van der Waals surface area contributed by atoms with Gasteiger partial charge in [0.1, 0.15) is 0 Å². The van der Waals surface area contributed by atoms with Crippen molar-refractivity contribution in [3.8, 4) is 0 Å². The van der Waals surface area contributed by atoms with Gasteiger partial charge in [0, 0.05) is 12.1 Å². The fourth-order valence-corrected chi connectivity index (χ4v) is 2.54. The maximum Gasteiger partial charge on any atom is 0.200 e. The number of aromatic nitrogens is 2. The summed E-state index contributed by atoms with van der Waals surface area (Å²) in [4.78, 5) is 8.65. The van der Waals surface area contributed by atoms with Crippen molar-refractivity contribution in [3.05, 3.63) is 22.6 Å². The molecule has 1 aliphatic rings. The zero-order chi connectivity index (χ0) is 10.3. The van der Waals surface area contributed by atoms with E-state index in [4.69, 9.17) is 4.42 Å². The Morgan fingerprint density at radius 3 is 2.87 bits per heavy atom. The van der Waals surface area contributed by atoms with Crippen LogP contribution in [0.3, 0.4) is 0 Å². The topological polar surface area (TPSA) is 38.9 Å². The quantitative estimate of drug-likeness (QED) is 0.791. The SMILES string of the molecule is Brc1ccnc2nc(C3CCCC3)oc12. The van der Waals surface area contributed by atoms with Crippen LogP contribution < -0.4 is 0 Å². The van der Waals surface area contributed by atoms with Gasteiger partial charge in [0.15, 0.2) is 17.1 Å². The van der Waals surface area contributed by atoms with Gasteiger partial charge in [0.25, 0.3) is 0 Å². The van der Waals surface area contributed by atoms with Crippen LogP contribution in [0.2, 0.25) is 0 Å². The highest BCUT2D eigenvalue weighted by Gasteiger charge is 2.23. The first-order chi connectivity index (χ1) is 7.34. The minimum atomic E-state index is 0.506. The Morgan fingerprint density at radius 1 is 1.33 bits per heavy atom. The summed E-state index contributed by atoms with van der Waals surface area (Å²) in [5, 5.41) is 0. The fourth-order valence-electron chi connectivity index (χ4n) is 2.17. The first-order valence-electron chi connectivity index (χ1n) is 5.25. The van der Waals surface area contributed by atoms with E-state index < -0.39 is 0 Å². The lowest BCUT2D eigenvalue weighted by molar-refractivity contribution is 0.473. The number of oxazole rings is 1. The average Bonchev–Trinajstić information content (AvgIpc) is 2.86. The third-order valence-corrected chi connectivity index (χ3v) is 3.59. The molecular formula is C11H11BrN2O. The van der Waals surface area contributed by atoms with Gasteiger partial charge in [-0.15, -0.1) is 0 Å². The van der Waals surface area contributed by atoms with Gasteiger partial charge < -0.3 is 4.42 Å². The molecule has 3 nitrogen and oxygen atoms in total. The van der Waals surface area contributed by atoms with Crippen LogP contribution in [0, 0.1) is 0 Å². The Labute approximate surface area is 96.0 Å². The molecule has 2 aromatic heterocycles. The molecule has 1 aliphatic carbocycles. The van der Waals surface area contributed by atoms with Crippen molar-refractivity contribution in [3.63, 3.8) is 0 Å². The first kappa shape index (κ1) is 9.33. The molecule has 0 aromatic carbocycles. The molecule has 0 N–H and O–H groups in total. The molecule has 2 heterocycles. The summed E-state index contributed by atoms with van der Waals surface area (Å²) in [6, 6.07) is 1.88. The smallest absolute Gasteiger partial charge is 0.200 e. The van der Waals surface area contributed by atoms with Crippen LogP contribution in [0.5, 0.6) is 0 Å². The van der Waals surface area contributed by atoms with Crippen LogP contribution >= 0.6 is 15.9 Å². The molecule has 0 aliphatic heterocycles. The lowest BCUT2D eigenvalue weighted by Gasteiger charge is -2.00. The predicted octanol–water partition coefficient (Wildman–Crippen LogP) is 3.64. The van der Waals surface area contributed by atoms with E-state index >= 15 is 0 Å². The van der Waals surface area contributed by atoms with E-state index in [2.05, 4.69) is 25.9 Å². The zero-order valence-corrected chi connectivity index (χ0v) is 9.83. The van der Waals surface area contributed by atoms with Gasteiger partial charge in [-0.05, 0) is 34.8 Å². The Hall–Kier alpha value is -0.900. The standard InChI is InChI=1S/C11H11BrN2O/c12-8-5-6-13-10-9(8)15-11(14-10)7-3-1-2-4-7/h5-7H,1-4H2. The van der Waals surface area contributed by atoms with Crippen LogP contribution in [-0.2, 0) is 0 Å². The first-order valence-corrected chi connectivity index (χ1v) is 6.05. The zero-order valence-electron chi connectivity index (χ0n) is 8.24. The third kappa shape index (κ3) is 1.57. The van der Waals surface area contributed by atoms with Crippen molar-refractivity contribution in [1.29, 1.82) is 0 Å². The summed E-state index contributed by atoms with van der Waals surface area (Å²) in [6.45, 7) is 0. The van der Waals surface area contributed by atoms with E-state index in [-0.39, 0.29) is 0 Å². The molecule has 15 heavy (non-hydrogen) atoms. The lowest BCUT2D eigenvalue weighted by atomic mass is 10.1. The van der Waals surface area contributed by atoms with Crippen molar-refractivity contribution in [2.45, 2.75) is 31.6 Å². The summed E-state index contributed by atoms with van der Waals surface area (Å²) in [6.07, 6.45) is 6.72. The van der Waals surface area contributed by atoms with Crippen LogP contribution in [0.4, 0.5) is 0 Å². The molecule has 0 unspecified atom stereocenters. The molecule has 0 radical (unpaired) electrons. The fraction of sp³-hybridized carbons (Fsp3) is 0.455. The second-order valence-electron chi connectivity index (χ2n) is 3.98. The molecule has 0 saturated heterocycles. The van der Waals surface area contributed by atoms with Crippen molar-refractivity contribution < 1.29 is 4.42 Å². The van der Waals surface area contributed by atoms with Gasteiger partial charge in [-0.2, -0.15) is 4.98 Å². The highest BCUT2D eigenvalue weighted by atomic mass is 79.9. The Balaban J connectivity index is 2.09. The van der Waals surface area contributed by atoms with E-state index in [1.165, 1.54) is 25.7 Å². The second kappa shape index (κ2) is 3.59. The van der Waals surface area contributed by atoms with E-state index in [0.29, 0.717) is 11.6 Å². The number of nitrogens with zero attached hydrogens (tertiary/aromatic N) is 2. The van der Waals surface area contributed by atoms with Crippen LogP contribution in [0.25, 0.3) is 11.2 Å². The van der Waals surface area contributed by atoms with Gasteiger partial charge in [0.2, 0.25) is 0 Å². The van der Waals surface area contributed by atoms with E-state index in [1.807, 2.05) is 6.07 Å². The molecule has 2 aromatic rings. The summed E-state index contributed by atoms with van der Waals surface area (Å²) in [5.41, 5.74) is 1.49. The largest absolute Gasteiger partial charge is 0.437 e. The van der Waals surface area contributed by atoms with Crippen molar-refractivity contribution in [1.82, 2.24) is 9.97 Å². The Kier molecular flexibility index (Phi) is 2.24. The second-order valence-corrected chi connectivity index (χ2v) is 4.83. The molecule has 1 fully saturated rings. The van der Waals surface area contributed by atoms with E-state index in [1.54, 1.807) is 6.20 Å². The summed E-state index contributed by atoms with van der Waals surface area (Å²) >= 11 is 3.45. The summed E-state index contributed by atoms with van der Waals surface area (Å²) < 4.78 is 6.70. The number of halogens is 1. The number of pyridine rings is 1. The minimum absolute atomic E-state index is 0.506. The molecule has 0 spiro atoms. The molecule has 0 atom stereocenters. The van der Waals surface area contributed by atoms with Crippen molar-refractivity contribution in [2.24, 2.45) is 0 Å². The molecule has 4 heteroatoms. The van der Waals surface area contributed by atoms with Crippen molar-refractivity contribution >= 4 is 27.2 Å². The molecule has 1 saturated carbocycles. The average molecular weight is 267 g/mol. The normalized spacial score (nSPS) is 17.7.